The van der Waals surface area contributed by atoms with Crippen LogP contribution in [0.1, 0.15) is 24.2 Å². The Morgan fingerprint density at radius 1 is 1.22 bits per heavy atom. The maximum absolute atomic E-state index is 13.6. The highest BCUT2D eigenvalue weighted by molar-refractivity contribution is 7.89. The summed E-state index contributed by atoms with van der Waals surface area (Å²) in [5.41, 5.74) is 0.799. The van der Waals surface area contributed by atoms with Crippen molar-refractivity contribution in [3.63, 3.8) is 0 Å². The lowest BCUT2D eigenvalue weighted by Crippen LogP contribution is -2.50. The smallest absolute Gasteiger partial charge is 0.323 e. The second-order valence-electron chi connectivity index (χ2n) is 10.1. The van der Waals surface area contributed by atoms with Crippen molar-refractivity contribution in [3.8, 4) is 5.75 Å². The average molecular weight is 589 g/mol. The first-order chi connectivity index (χ1) is 19.4. The van der Waals surface area contributed by atoms with Crippen LogP contribution in [0.15, 0.2) is 60.0 Å². The van der Waals surface area contributed by atoms with E-state index in [0.29, 0.717) is 5.69 Å². The number of aromatic nitrogens is 2. The first-order valence-corrected chi connectivity index (χ1v) is 14.3. The van der Waals surface area contributed by atoms with Crippen molar-refractivity contribution >= 4 is 33.3 Å². The van der Waals surface area contributed by atoms with E-state index in [1.165, 1.54) is 65.4 Å². The summed E-state index contributed by atoms with van der Waals surface area (Å²) >= 11 is 0. The maximum Gasteiger partial charge on any atom is 0.323 e. The Balaban J connectivity index is 1.61. The number of ether oxygens (including phenoxy) is 1. The van der Waals surface area contributed by atoms with E-state index >= 15 is 0 Å². The number of anilines is 2. The molecule has 0 bridgehead atoms. The van der Waals surface area contributed by atoms with Gasteiger partial charge in [-0.2, -0.15) is 4.31 Å². The number of rotatable bonds is 8. The molecule has 0 aliphatic carbocycles. The summed E-state index contributed by atoms with van der Waals surface area (Å²) in [6.07, 6.45) is 2.14. The fraction of sp³-hybridized carbons (Fsp3) is 0.370. The number of imidazole rings is 1. The minimum absolute atomic E-state index is 0.0326. The molecule has 0 radical (unpaired) electrons. The molecule has 0 spiro atoms. The predicted molar refractivity (Wildman–Crippen MR) is 150 cm³/mol. The molecule has 0 unspecified atom stereocenters. The first kappa shape index (κ1) is 30.0. The van der Waals surface area contributed by atoms with Crippen molar-refractivity contribution < 1.29 is 32.2 Å². The van der Waals surface area contributed by atoms with Gasteiger partial charge >= 0.3 is 6.03 Å². The van der Waals surface area contributed by atoms with Gasteiger partial charge in [-0.05, 0) is 49.4 Å². The Kier molecular flexibility index (Phi) is 8.95. The molecule has 0 saturated carbocycles. The number of urea groups is 1. The second-order valence-corrected chi connectivity index (χ2v) is 12.1. The molecule has 3 aromatic rings. The van der Waals surface area contributed by atoms with Gasteiger partial charge in [-0.1, -0.05) is 6.92 Å². The molecule has 220 valence electrons. The zero-order valence-electron chi connectivity index (χ0n) is 23.1. The predicted octanol–water partition coefficient (Wildman–Crippen LogP) is 2.74. The third kappa shape index (κ3) is 6.84. The van der Waals surface area contributed by atoms with E-state index in [0.717, 1.165) is 4.31 Å². The van der Waals surface area contributed by atoms with E-state index in [2.05, 4.69) is 15.6 Å². The summed E-state index contributed by atoms with van der Waals surface area (Å²) < 4.78 is 48.4. The standard InChI is InChI=1S/C27H33FN6O6S/c1-17-12-34(18(2)15-35)26(36)22-11-21(31-27(37)30-20-7-5-19(28)6-8-20)9-10-23(22)40-24(17)13-33(4)41(38,39)25-14-32(3)16-29-25/h5-11,14,16-18,24,35H,12-13,15H2,1-4H3,(H2,30,31,37)/t17-,18-,24+/m1/s1. The minimum Gasteiger partial charge on any atom is -0.488 e. The number of sulfonamides is 1. The molecule has 3 N–H and O–H groups in total. The van der Waals surface area contributed by atoms with E-state index in [1.54, 1.807) is 20.0 Å². The van der Waals surface area contributed by atoms with Crippen LogP contribution in [-0.4, -0.2) is 83.1 Å². The van der Waals surface area contributed by atoms with Crippen molar-refractivity contribution in [2.75, 3.05) is 37.4 Å². The molecule has 1 aliphatic heterocycles. The van der Waals surface area contributed by atoms with Gasteiger partial charge in [0.1, 0.15) is 17.7 Å². The number of aliphatic hydroxyl groups excluding tert-OH is 1. The quantitative estimate of drug-likeness (QED) is 0.367. The highest BCUT2D eigenvalue weighted by Crippen LogP contribution is 2.31. The number of likely N-dealkylation sites (N-methyl/N-ethyl adjacent to an activating group) is 1. The van der Waals surface area contributed by atoms with E-state index in [-0.39, 0.29) is 47.6 Å². The summed E-state index contributed by atoms with van der Waals surface area (Å²) in [5, 5.41) is 15.0. The highest BCUT2D eigenvalue weighted by Gasteiger charge is 2.35. The van der Waals surface area contributed by atoms with E-state index in [4.69, 9.17) is 4.74 Å². The molecule has 0 fully saturated rings. The lowest BCUT2D eigenvalue weighted by molar-refractivity contribution is 0.0387. The number of hydrogen-bond acceptors (Lipinski definition) is 7. The number of aliphatic hydroxyl groups is 1. The zero-order valence-corrected chi connectivity index (χ0v) is 23.9. The van der Waals surface area contributed by atoms with Crippen LogP contribution in [0.2, 0.25) is 0 Å². The summed E-state index contributed by atoms with van der Waals surface area (Å²) in [4.78, 5) is 31.6. The Bertz CT molecular complexity index is 1510. The van der Waals surface area contributed by atoms with Crippen molar-refractivity contribution in [2.45, 2.75) is 31.0 Å². The number of carbonyl (C=O) groups is 2. The molecule has 3 amide bonds. The van der Waals surface area contributed by atoms with Gasteiger partial charge in [-0.25, -0.2) is 22.6 Å². The molecule has 12 nitrogen and oxygen atoms in total. The third-order valence-corrected chi connectivity index (χ3v) is 8.53. The zero-order chi connectivity index (χ0) is 29.9. The summed E-state index contributed by atoms with van der Waals surface area (Å²) in [6.45, 7) is 3.42. The Morgan fingerprint density at radius 2 is 1.88 bits per heavy atom. The molecular formula is C27H33FN6O6S. The fourth-order valence-corrected chi connectivity index (χ4v) is 5.52. The van der Waals surface area contributed by atoms with Crippen LogP contribution in [-0.2, 0) is 17.1 Å². The lowest BCUT2D eigenvalue weighted by atomic mass is 9.99. The van der Waals surface area contributed by atoms with Crippen LogP contribution in [0.4, 0.5) is 20.6 Å². The molecule has 1 aliphatic rings. The van der Waals surface area contributed by atoms with Gasteiger partial charge in [0, 0.05) is 44.1 Å². The van der Waals surface area contributed by atoms with Crippen LogP contribution >= 0.6 is 0 Å². The monoisotopic (exact) mass is 588 g/mol. The number of fused-ring (bicyclic) bond motifs is 1. The first-order valence-electron chi connectivity index (χ1n) is 12.9. The minimum atomic E-state index is -3.91. The van der Waals surface area contributed by atoms with Crippen molar-refractivity contribution in [2.24, 2.45) is 13.0 Å². The number of nitrogens with one attached hydrogen (secondary N) is 2. The second kappa shape index (κ2) is 12.2. The normalized spacial score (nSPS) is 18.2. The number of hydrogen-bond donors (Lipinski definition) is 3. The number of carbonyl (C=O) groups excluding carboxylic acids is 2. The van der Waals surface area contributed by atoms with Gasteiger partial charge in [-0.15, -0.1) is 0 Å². The van der Waals surface area contributed by atoms with Crippen LogP contribution in [0.25, 0.3) is 0 Å². The summed E-state index contributed by atoms with van der Waals surface area (Å²) in [6, 6.07) is 8.64. The largest absolute Gasteiger partial charge is 0.488 e. The van der Waals surface area contributed by atoms with Crippen LogP contribution in [0.3, 0.4) is 0 Å². The molecule has 2 aromatic carbocycles. The number of halogens is 1. The Morgan fingerprint density at radius 3 is 2.51 bits per heavy atom. The topological polar surface area (TPSA) is 146 Å². The molecular weight excluding hydrogens is 555 g/mol. The van der Waals surface area contributed by atoms with Crippen molar-refractivity contribution in [1.29, 1.82) is 0 Å². The van der Waals surface area contributed by atoms with Crippen molar-refractivity contribution in [1.82, 2.24) is 18.8 Å². The molecule has 0 saturated heterocycles. The molecule has 2 heterocycles. The van der Waals surface area contributed by atoms with Gasteiger partial charge in [0.2, 0.25) is 0 Å². The van der Waals surface area contributed by atoms with Crippen LogP contribution in [0, 0.1) is 11.7 Å². The maximum atomic E-state index is 13.6. The van der Waals surface area contributed by atoms with E-state index in [1.807, 2.05) is 6.92 Å². The summed E-state index contributed by atoms with van der Waals surface area (Å²) in [7, 11) is -0.798. The Hall–Kier alpha value is -4.01. The molecule has 4 rings (SSSR count). The van der Waals surface area contributed by atoms with Crippen molar-refractivity contribution in [3.05, 3.63) is 66.4 Å². The average Bonchev–Trinajstić information content (AvgIpc) is 3.38. The SMILES string of the molecule is C[C@@H]1CN([C@H](C)CO)C(=O)c2cc(NC(=O)Nc3ccc(F)cc3)ccc2O[C@H]1CN(C)S(=O)(=O)c1cn(C)cn1. The van der Waals surface area contributed by atoms with Gasteiger partial charge in [0.05, 0.1) is 31.1 Å². The number of aryl methyl sites for hydroxylation is 1. The lowest BCUT2D eigenvalue weighted by Gasteiger charge is -2.38. The molecule has 14 heteroatoms. The molecule has 41 heavy (non-hydrogen) atoms. The third-order valence-electron chi connectivity index (χ3n) is 6.82. The number of nitrogens with zero attached hydrogens (tertiary/aromatic N) is 4. The van der Waals surface area contributed by atoms with E-state index in [9.17, 15) is 27.5 Å². The Labute approximate surface area is 237 Å². The summed E-state index contributed by atoms with van der Waals surface area (Å²) in [5.74, 6) is -0.966. The fourth-order valence-electron chi connectivity index (χ4n) is 4.38. The van der Waals surface area contributed by atoms with E-state index < -0.39 is 39.9 Å². The molecule has 1 aromatic heterocycles. The van der Waals surface area contributed by atoms with Gasteiger partial charge in [-0.3, -0.25) is 4.79 Å². The van der Waals surface area contributed by atoms with Gasteiger partial charge in [0.25, 0.3) is 15.9 Å². The highest BCUT2D eigenvalue weighted by atomic mass is 32.2. The number of amides is 3. The number of benzene rings is 2. The van der Waals surface area contributed by atoms with Crippen LogP contribution < -0.4 is 15.4 Å². The molecule has 3 atom stereocenters. The van der Waals surface area contributed by atoms with Gasteiger partial charge < -0.3 is 29.9 Å². The van der Waals surface area contributed by atoms with Crippen LogP contribution in [0.5, 0.6) is 5.75 Å². The van der Waals surface area contributed by atoms with Gasteiger partial charge in [0.15, 0.2) is 5.03 Å².